The molecule has 252 valence electrons. The van der Waals surface area contributed by atoms with E-state index in [4.69, 9.17) is 18.9 Å². The van der Waals surface area contributed by atoms with Gasteiger partial charge in [0.15, 0.2) is 12.6 Å². The first-order valence-electron chi connectivity index (χ1n) is 16.1. The highest BCUT2D eigenvalue weighted by atomic mass is 16.7. The Kier molecular flexibility index (Phi) is 8.59. The molecule has 6 aliphatic rings. The Balaban J connectivity index is 1.11. The maximum Gasteiger partial charge on any atom is 0.186 e. The fourth-order valence-electron chi connectivity index (χ4n) is 10.4. The largest absolute Gasteiger partial charge is 0.395 e. The van der Waals surface area contributed by atoms with Gasteiger partial charge in [-0.25, -0.2) is 0 Å². The quantitative estimate of drug-likeness (QED) is 0.155. The highest BCUT2D eigenvalue weighted by Gasteiger charge is 2.68. The molecule has 0 amide bonds. The minimum absolute atomic E-state index is 0.0324. The maximum atomic E-state index is 12.9. The summed E-state index contributed by atoms with van der Waals surface area (Å²) < 4.78 is 22.5. The summed E-state index contributed by atoms with van der Waals surface area (Å²) in [7, 11) is 0. The van der Waals surface area contributed by atoms with Crippen molar-refractivity contribution in [2.45, 2.75) is 120 Å². The first kappa shape index (κ1) is 33.1. The van der Waals surface area contributed by atoms with Gasteiger partial charge in [0.1, 0.15) is 41.9 Å². The van der Waals surface area contributed by atoms with Crippen LogP contribution in [0.1, 0.15) is 65.2 Å². The van der Waals surface area contributed by atoms with Crippen LogP contribution in [0.2, 0.25) is 0 Å². The number of fused-ring (bicyclic) bond motifs is 3. The molecule has 13 nitrogen and oxygen atoms in total. The van der Waals surface area contributed by atoms with Gasteiger partial charge in [-0.05, 0) is 73.5 Å². The number of hydrogen-bond acceptors (Lipinski definition) is 13. The molecule has 15 atom stereocenters. The molecule has 44 heavy (non-hydrogen) atoms. The van der Waals surface area contributed by atoms with Crippen LogP contribution in [0.5, 0.6) is 0 Å². The normalized spacial score (nSPS) is 55.5. The number of aliphatic hydroxyl groups is 8. The van der Waals surface area contributed by atoms with Crippen molar-refractivity contribution in [3.05, 3.63) is 0 Å². The van der Waals surface area contributed by atoms with Crippen molar-refractivity contribution in [3.63, 3.8) is 0 Å². The Morgan fingerprint density at radius 2 is 1.61 bits per heavy atom. The fourth-order valence-corrected chi connectivity index (χ4v) is 10.4. The summed E-state index contributed by atoms with van der Waals surface area (Å²) in [4.78, 5) is 12.9. The summed E-state index contributed by atoms with van der Waals surface area (Å²) in [5.41, 5.74) is -4.09. The number of rotatable bonds is 8. The maximum absolute atomic E-state index is 12.9. The van der Waals surface area contributed by atoms with Crippen molar-refractivity contribution < 1.29 is 64.6 Å². The minimum atomic E-state index is -1.89. The zero-order valence-corrected chi connectivity index (χ0v) is 25.6. The summed E-state index contributed by atoms with van der Waals surface area (Å²) in [6, 6.07) is 0. The Bertz CT molecular complexity index is 1090. The van der Waals surface area contributed by atoms with Gasteiger partial charge in [-0.2, -0.15) is 0 Å². The van der Waals surface area contributed by atoms with Crippen LogP contribution in [0, 0.1) is 34.0 Å². The fraction of sp³-hybridized carbons (Fsp3) is 0.968. The van der Waals surface area contributed by atoms with E-state index in [0.717, 1.165) is 38.5 Å². The SMILES string of the molecule is C[C@@]12CCC(=O)[C@](C)(CO)[C@H]1CC[C@@]13C[C@@H](CC[C@H]12)[C@@](O)(CO[C@@H]1O[C@H](CO[C@@H]2OC[C@](O)(CO)[C@H]2O)[C@@H](O)[C@H](O)[C@H]1O)C3. The van der Waals surface area contributed by atoms with Crippen LogP contribution in [0.15, 0.2) is 0 Å². The van der Waals surface area contributed by atoms with Gasteiger partial charge in [0.25, 0.3) is 0 Å². The molecule has 2 saturated heterocycles. The van der Waals surface area contributed by atoms with Gasteiger partial charge >= 0.3 is 0 Å². The van der Waals surface area contributed by atoms with Gasteiger partial charge in [0, 0.05) is 6.42 Å². The van der Waals surface area contributed by atoms with Crippen molar-refractivity contribution in [1.82, 2.24) is 0 Å². The zero-order chi connectivity index (χ0) is 31.9. The lowest BCUT2D eigenvalue weighted by Crippen LogP contribution is -2.60. The molecule has 0 aromatic heterocycles. The average molecular weight is 631 g/mol. The van der Waals surface area contributed by atoms with Crippen LogP contribution < -0.4 is 0 Å². The van der Waals surface area contributed by atoms with E-state index in [1.165, 1.54) is 0 Å². The van der Waals surface area contributed by atoms with Gasteiger partial charge in [-0.1, -0.05) is 13.8 Å². The molecule has 4 aliphatic carbocycles. The molecule has 0 unspecified atom stereocenters. The van der Waals surface area contributed by atoms with Gasteiger partial charge in [0.2, 0.25) is 0 Å². The van der Waals surface area contributed by atoms with E-state index in [0.29, 0.717) is 18.8 Å². The number of carbonyl (C=O) groups is 1. The van der Waals surface area contributed by atoms with Gasteiger partial charge in [-0.15, -0.1) is 0 Å². The predicted octanol–water partition coefficient (Wildman–Crippen LogP) is -1.42. The molecule has 0 radical (unpaired) electrons. The molecule has 4 saturated carbocycles. The topological polar surface area (TPSA) is 216 Å². The average Bonchev–Trinajstić information content (AvgIpc) is 3.40. The third kappa shape index (κ3) is 4.93. The van der Waals surface area contributed by atoms with Crippen molar-refractivity contribution in [1.29, 1.82) is 0 Å². The van der Waals surface area contributed by atoms with E-state index < -0.39 is 66.3 Å². The van der Waals surface area contributed by atoms with Gasteiger partial charge in [0.05, 0.1) is 44.1 Å². The summed E-state index contributed by atoms with van der Waals surface area (Å²) in [6.07, 6.45) is -4.30. The smallest absolute Gasteiger partial charge is 0.186 e. The standard InChI is InChI=1S/C31H50O13/c1-27-7-6-20(34)28(2,12-32)18(27)5-8-29-9-16(3-4-19(27)29)30(39,11-29)14-42-25-23(37)22(36)21(35)17(44-25)10-41-26-24(38)31(40,13-33)15-43-26/h16-19,21-26,32-33,35-40H,3-15H2,1-2H3/t16-,17-,18+,19+,21-,22+,23-,24+,25-,26-,27-,28-,29+,30+,31-/m1/s1. The summed E-state index contributed by atoms with van der Waals surface area (Å²) in [5.74, 6) is 0.494. The van der Waals surface area contributed by atoms with E-state index in [1.54, 1.807) is 0 Å². The second-order valence-corrected chi connectivity index (χ2v) is 15.3. The molecule has 0 aromatic rings. The van der Waals surface area contributed by atoms with Crippen molar-refractivity contribution >= 4 is 5.78 Å². The number of aliphatic hydroxyl groups excluding tert-OH is 6. The van der Waals surface area contributed by atoms with Crippen LogP contribution in [0.4, 0.5) is 0 Å². The Morgan fingerprint density at radius 3 is 2.30 bits per heavy atom. The highest BCUT2D eigenvalue weighted by molar-refractivity contribution is 5.86. The van der Waals surface area contributed by atoms with Crippen LogP contribution >= 0.6 is 0 Å². The second kappa shape index (κ2) is 11.4. The van der Waals surface area contributed by atoms with Crippen molar-refractivity contribution in [3.8, 4) is 0 Å². The number of Topliss-reactive ketones (excluding diaryl/α,β-unsaturated/α-hetero) is 1. The van der Waals surface area contributed by atoms with Gasteiger partial charge in [-0.3, -0.25) is 4.79 Å². The Hall–Kier alpha value is -0.810. The van der Waals surface area contributed by atoms with Gasteiger partial charge < -0.3 is 59.8 Å². The van der Waals surface area contributed by atoms with Crippen LogP contribution in [0.25, 0.3) is 0 Å². The number of carbonyl (C=O) groups excluding carboxylic acids is 1. The van der Waals surface area contributed by atoms with E-state index >= 15 is 0 Å². The van der Waals surface area contributed by atoms with Crippen LogP contribution in [0.3, 0.4) is 0 Å². The highest BCUT2D eigenvalue weighted by Crippen LogP contribution is 2.72. The van der Waals surface area contributed by atoms with Crippen LogP contribution in [-0.2, 0) is 23.7 Å². The molecule has 6 rings (SSSR count). The number of ether oxygens (including phenoxy) is 4. The molecular formula is C31H50O13. The Labute approximate surface area is 257 Å². The first-order chi connectivity index (χ1) is 20.7. The molecule has 2 bridgehead atoms. The lowest BCUT2D eigenvalue weighted by atomic mass is 9.41. The van der Waals surface area contributed by atoms with Crippen molar-refractivity contribution in [2.24, 2.45) is 34.0 Å². The number of ketones is 1. The van der Waals surface area contributed by atoms with E-state index in [9.17, 15) is 45.6 Å². The third-order valence-corrected chi connectivity index (χ3v) is 12.9. The molecule has 2 heterocycles. The number of hydrogen-bond donors (Lipinski definition) is 8. The molecule has 13 heteroatoms. The molecular weight excluding hydrogens is 580 g/mol. The molecule has 1 spiro atoms. The third-order valence-electron chi connectivity index (χ3n) is 12.9. The first-order valence-corrected chi connectivity index (χ1v) is 16.1. The summed E-state index contributed by atoms with van der Waals surface area (Å²) in [5, 5.41) is 83.9. The predicted molar refractivity (Wildman–Crippen MR) is 149 cm³/mol. The van der Waals surface area contributed by atoms with E-state index in [-0.39, 0.29) is 54.9 Å². The summed E-state index contributed by atoms with van der Waals surface area (Å²) in [6.45, 7) is 2.39. The lowest BCUT2D eigenvalue weighted by Gasteiger charge is -2.63. The second-order valence-electron chi connectivity index (χ2n) is 15.3. The van der Waals surface area contributed by atoms with Crippen LogP contribution in [-0.4, -0.2) is 134 Å². The molecule has 8 N–H and O–H groups in total. The lowest BCUT2D eigenvalue weighted by molar-refractivity contribution is -0.317. The molecule has 2 aliphatic heterocycles. The zero-order valence-electron chi connectivity index (χ0n) is 25.6. The Morgan fingerprint density at radius 1 is 0.864 bits per heavy atom. The summed E-state index contributed by atoms with van der Waals surface area (Å²) >= 11 is 0. The minimum Gasteiger partial charge on any atom is -0.395 e. The monoisotopic (exact) mass is 630 g/mol. The molecule has 6 fully saturated rings. The molecule has 0 aromatic carbocycles. The van der Waals surface area contributed by atoms with Crippen molar-refractivity contribution in [2.75, 3.05) is 33.0 Å². The van der Waals surface area contributed by atoms with E-state index in [2.05, 4.69) is 6.92 Å². The van der Waals surface area contributed by atoms with E-state index in [1.807, 2.05) is 6.92 Å².